The Kier molecular flexibility index (Phi) is 4.26. The van der Waals surface area contributed by atoms with Crippen LogP contribution in [0.5, 0.6) is 0 Å². The highest BCUT2D eigenvalue weighted by molar-refractivity contribution is 7.99. The van der Waals surface area contributed by atoms with Crippen LogP contribution in [0.1, 0.15) is 54.7 Å². The van der Waals surface area contributed by atoms with Crippen LogP contribution in [0.25, 0.3) is 0 Å². The Morgan fingerprint density at radius 1 is 1.40 bits per heavy atom. The number of hydrogen-bond acceptors (Lipinski definition) is 6. The van der Waals surface area contributed by atoms with Crippen molar-refractivity contribution >= 4 is 17.7 Å². The lowest BCUT2D eigenvalue weighted by Gasteiger charge is -2.17. The van der Waals surface area contributed by atoms with Crippen molar-refractivity contribution < 1.29 is 9.32 Å². The summed E-state index contributed by atoms with van der Waals surface area (Å²) in [4.78, 5) is 16.4. The van der Waals surface area contributed by atoms with E-state index in [4.69, 9.17) is 4.52 Å². The first-order valence-electron chi connectivity index (χ1n) is 7.18. The summed E-state index contributed by atoms with van der Waals surface area (Å²) in [6, 6.07) is 0.332. The van der Waals surface area contributed by atoms with E-state index in [0.29, 0.717) is 11.1 Å². The van der Waals surface area contributed by atoms with Crippen molar-refractivity contribution in [3.63, 3.8) is 0 Å². The van der Waals surface area contributed by atoms with Crippen LogP contribution in [0.15, 0.2) is 4.52 Å². The molecular weight excluding hydrogens is 276 g/mol. The number of hydrogen-bond donors (Lipinski definition) is 2. The summed E-state index contributed by atoms with van der Waals surface area (Å²) >= 11 is 1.81. The number of rotatable bonds is 4. The molecule has 110 valence electrons. The average Bonchev–Trinajstić information content (AvgIpc) is 3.19. The van der Waals surface area contributed by atoms with E-state index < -0.39 is 0 Å². The summed E-state index contributed by atoms with van der Waals surface area (Å²) in [5, 5.41) is 10.6. The van der Waals surface area contributed by atoms with Crippen LogP contribution in [-0.2, 0) is 0 Å². The van der Waals surface area contributed by atoms with Crippen LogP contribution >= 0.6 is 11.8 Å². The Morgan fingerprint density at radius 3 is 3.05 bits per heavy atom. The number of aromatic nitrogens is 2. The molecule has 1 aliphatic carbocycles. The van der Waals surface area contributed by atoms with E-state index in [1.54, 1.807) is 0 Å². The largest absolute Gasteiger partial charge is 0.345 e. The highest BCUT2D eigenvalue weighted by Gasteiger charge is 2.30. The third-order valence-corrected chi connectivity index (χ3v) is 5.24. The lowest BCUT2D eigenvalue weighted by molar-refractivity contribution is 0.0925. The maximum atomic E-state index is 12.2. The zero-order chi connectivity index (χ0) is 13.9. The first-order chi connectivity index (χ1) is 9.78. The molecule has 0 radical (unpaired) electrons. The molecular formula is C13H20N4O2S. The molecule has 7 heteroatoms. The van der Waals surface area contributed by atoms with Gasteiger partial charge in [-0.2, -0.15) is 16.7 Å². The summed E-state index contributed by atoms with van der Waals surface area (Å²) in [5.41, 5.74) is 0. The molecule has 1 saturated carbocycles. The minimum Gasteiger partial charge on any atom is -0.345 e. The smallest absolute Gasteiger partial charge is 0.292 e. The lowest BCUT2D eigenvalue weighted by atomic mass is 10.2. The highest BCUT2D eigenvalue weighted by Crippen LogP contribution is 2.28. The Labute approximate surface area is 122 Å². The second-order valence-corrected chi connectivity index (χ2v) is 6.47. The second-order valence-electron chi connectivity index (χ2n) is 5.39. The summed E-state index contributed by atoms with van der Waals surface area (Å²) in [7, 11) is 0. The van der Waals surface area contributed by atoms with Crippen molar-refractivity contribution in [2.75, 3.05) is 12.8 Å². The van der Waals surface area contributed by atoms with Gasteiger partial charge in [-0.15, -0.1) is 0 Å². The quantitative estimate of drug-likeness (QED) is 0.876. The predicted octanol–water partition coefficient (Wildman–Crippen LogP) is 1.51. The first kappa shape index (κ1) is 13.9. The van der Waals surface area contributed by atoms with Crippen LogP contribution in [-0.4, -0.2) is 40.1 Å². The standard InChI is InChI=1S/C13H20N4O2S/c1-20-10-6-2-4-8(10)15-12(18)11-16-13(19-17-11)9-5-3-7-14-9/h8-10,14H,2-7H2,1H3,(H,15,18). The molecule has 1 aromatic heterocycles. The Balaban J connectivity index is 1.62. The molecule has 1 saturated heterocycles. The van der Waals surface area contributed by atoms with E-state index in [1.807, 2.05) is 11.8 Å². The summed E-state index contributed by atoms with van der Waals surface area (Å²) in [6.45, 7) is 0.964. The van der Waals surface area contributed by atoms with Gasteiger partial charge in [0.25, 0.3) is 11.7 Å². The lowest BCUT2D eigenvalue weighted by Crippen LogP contribution is -2.39. The monoisotopic (exact) mass is 296 g/mol. The molecule has 2 fully saturated rings. The fourth-order valence-corrected chi connectivity index (χ4v) is 3.91. The van der Waals surface area contributed by atoms with Crippen molar-refractivity contribution in [2.24, 2.45) is 0 Å². The molecule has 1 aliphatic heterocycles. The van der Waals surface area contributed by atoms with Crippen molar-refractivity contribution in [1.82, 2.24) is 20.8 Å². The predicted molar refractivity (Wildman–Crippen MR) is 76.7 cm³/mol. The Hall–Kier alpha value is -1.08. The summed E-state index contributed by atoms with van der Waals surface area (Å²) in [5.74, 6) is 0.463. The van der Waals surface area contributed by atoms with Crippen molar-refractivity contribution in [3.05, 3.63) is 11.7 Å². The molecule has 3 atom stereocenters. The fourth-order valence-electron chi connectivity index (χ4n) is 2.97. The number of thioether (sulfide) groups is 1. The highest BCUT2D eigenvalue weighted by atomic mass is 32.2. The van der Waals surface area contributed by atoms with E-state index >= 15 is 0 Å². The normalized spacial score (nSPS) is 29.8. The van der Waals surface area contributed by atoms with E-state index in [1.165, 1.54) is 6.42 Å². The van der Waals surface area contributed by atoms with Gasteiger partial charge in [0.2, 0.25) is 5.89 Å². The van der Waals surface area contributed by atoms with Gasteiger partial charge in [-0.3, -0.25) is 4.79 Å². The SMILES string of the molecule is CSC1CCCC1NC(=O)c1noc(C2CCCN2)n1. The van der Waals surface area contributed by atoms with Gasteiger partial charge in [0.15, 0.2) is 0 Å². The molecule has 2 N–H and O–H groups in total. The van der Waals surface area contributed by atoms with Crippen LogP contribution in [0.2, 0.25) is 0 Å². The molecule has 6 nitrogen and oxygen atoms in total. The van der Waals surface area contributed by atoms with Crippen LogP contribution < -0.4 is 10.6 Å². The van der Waals surface area contributed by atoms with Gasteiger partial charge in [-0.25, -0.2) is 0 Å². The first-order valence-corrected chi connectivity index (χ1v) is 8.47. The van der Waals surface area contributed by atoms with E-state index in [9.17, 15) is 4.79 Å². The Morgan fingerprint density at radius 2 is 2.30 bits per heavy atom. The minimum absolute atomic E-state index is 0.106. The Bertz CT molecular complexity index is 473. The molecule has 1 amide bonds. The molecule has 0 aromatic carbocycles. The van der Waals surface area contributed by atoms with E-state index in [0.717, 1.165) is 32.2 Å². The molecule has 0 spiro atoms. The van der Waals surface area contributed by atoms with Gasteiger partial charge in [0.1, 0.15) is 0 Å². The molecule has 3 unspecified atom stereocenters. The van der Waals surface area contributed by atoms with E-state index in [-0.39, 0.29) is 23.8 Å². The molecule has 2 heterocycles. The fraction of sp³-hybridized carbons (Fsp3) is 0.769. The summed E-state index contributed by atoms with van der Waals surface area (Å²) in [6.07, 6.45) is 7.54. The van der Waals surface area contributed by atoms with Gasteiger partial charge in [-0.05, 0) is 38.5 Å². The van der Waals surface area contributed by atoms with Crippen molar-refractivity contribution in [2.45, 2.75) is 49.4 Å². The van der Waals surface area contributed by atoms with Crippen LogP contribution in [0.4, 0.5) is 0 Å². The maximum absolute atomic E-state index is 12.2. The molecule has 20 heavy (non-hydrogen) atoms. The van der Waals surface area contributed by atoms with Crippen LogP contribution in [0, 0.1) is 0 Å². The number of nitrogens with one attached hydrogen (secondary N) is 2. The number of amides is 1. The van der Waals surface area contributed by atoms with Crippen molar-refractivity contribution in [3.8, 4) is 0 Å². The van der Waals surface area contributed by atoms with Gasteiger partial charge < -0.3 is 15.2 Å². The van der Waals surface area contributed by atoms with Crippen molar-refractivity contribution in [1.29, 1.82) is 0 Å². The maximum Gasteiger partial charge on any atom is 0.292 e. The summed E-state index contributed by atoms with van der Waals surface area (Å²) < 4.78 is 5.20. The third kappa shape index (κ3) is 2.83. The molecule has 1 aromatic rings. The zero-order valence-corrected chi connectivity index (χ0v) is 12.4. The van der Waals surface area contributed by atoms with Gasteiger partial charge in [-0.1, -0.05) is 11.6 Å². The molecule has 0 bridgehead atoms. The number of nitrogens with zero attached hydrogens (tertiary/aromatic N) is 2. The average molecular weight is 296 g/mol. The molecule has 2 aliphatic rings. The van der Waals surface area contributed by atoms with Gasteiger partial charge in [0, 0.05) is 11.3 Å². The minimum atomic E-state index is -0.219. The number of carbonyl (C=O) groups excluding carboxylic acids is 1. The van der Waals surface area contributed by atoms with Gasteiger partial charge in [0.05, 0.1) is 6.04 Å². The second kappa shape index (κ2) is 6.13. The molecule has 3 rings (SSSR count). The third-order valence-electron chi connectivity index (χ3n) is 4.08. The van der Waals surface area contributed by atoms with Crippen LogP contribution in [0.3, 0.4) is 0 Å². The van der Waals surface area contributed by atoms with Gasteiger partial charge >= 0.3 is 0 Å². The number of carbonyl (C=O) groups is 1. The van der Waals surface area contributed by atoms with E-state index in [2.05, 4.69) is 27.0 Å². The topological polar surface area (TPSA) is 80.0 Å². The zero-order valence-electron chi connectivity index (χ0n) is 11.6.